The number of hydrogen-bond acceptors (Lipinski definition) is 1. The monoisotopic (exact) mass is 164 g/mol. The molecule has 0 saturated heterocycles. The van der Waals surface area contributed by atoms with Crippen LogP contribution in [-0.2, 0) is 11.1 Å². The molecule has 2 nitrogen and oxygen atoms in total. The molecule has 0 aliphatic heterocycles. The second-order valence-electron chi connectivity index (χ2n) is 3.38. The minimum absolute atomic E-state index is 0.0222. The second kappa shape index (κ2) is 4.09. The van der Waals surface area contributed by atoms with Crippen LogP contribution in [0, 0.1) is 5.41 Å². The lowest BCUT2D eigenvalue weighted by Gasteiger charge is -2.20. The fraction of sp³-hybridized carbons (Fsp3) is 1.00. The summed E-state index contributed by atoms with van der Waals surface area (Å²) >= 11 is -1.64. The Kier molecular flexibility index (Phi) is 4.13. The van der Waals surface area contributed by atoms with Crippen molar-refractivity contribution in [2.24, 2.45) is 5.41 Å². The van der Waals surface area contributed by atoms with Gasteiger partial charge in [-0.15, -0.1) is 0 Å². The maximum Gasteiger partial charge on any atom is 0.153 e. The lowest BCUT2D eigenvalue weighted by atomic mass is 9.91. The van der Waals surface area contributed by atoms with E-state index in [2.05, 4.69) is 6.92 Å². The Hall–Kier alpha value is 0.110. The van der Waals surface area contributed by atoms with E-state index in [1.807, 2.05) is 13.8 Å². The Labute approximate surface area is 65.3 Å². The summed E-state index contributed by atoms with van der Waals surface area (Å²) in [5.41, 5.74) is 0.0222. The fourth-order valence-electron chi connectivity index (χ4n) is 1.08. The van der Waals surface area contributed by atoms with Crippen molar-refractivity contribution in [1.29, 1.82) is 0 Å². The average Bonchev–Trinajstić information content (AvgIpc) is 1.59. The van der Waals surface area contributed by atoms with Gasteiger partial charge in [0, 0.05) is 0 Å². The summed E-state index contributed by atoms with van der Waals surface area (Å²) < 4.78 is 19.0. The van der Waals surface area contributed by atoms with Crippen molar-refractivity contribution in [3.8, 4) is 0 Å². The molecule has 0 radical (unpaired) electrons. The molecule has 1 N–H and O–H groups in total. The van der Waals surface area contributed by atoms with E-state index in [-0.39, 0.29) is 5.41 Å². The van der Waals surface area contributed by atoms with Crippen LogP contribution in [0.1, 0.15) is 33.6 Å². The molecule has 0 spiro atoms. The molecule has 0 aromatic carbocycles. The van der Waals surface area contributed by atoms with E-state index in [1.54, 1.807) is 0 Å². The maximum atomic E-state index is 10.4. The van der Waals surface area contributed by atoms with Crippen LogP contribution < -0.4 is 0 Å². The van der Waals surface area contributed by atoms with E-state index < -0.39 is 11.1 Å². The second-order valence-corrected chi connectivity index (χ2v) is 4.31. The van der Waals surface area contributed by atoms with Gasteiger partial charge in [-0.3, -0.25) is 0 Å². The molecule has 0 aliphatic rings. The van der Waals surface area contributed by atoms with Crippen LogP contribution in [-0.4, -0.2) is 14.5 Å². The Morgan fingerprint density at radius 2 is 2.00 bits per heavy atom. The summed E-state index contributed by atoms with van der Waals surface area (Å²) in [4.78, 5) is 0. The van der Waals surface area contributed by atoms with E-state index in [1.165, 1.54) is 0 Å². The van der Waals surface area contributed by atoms with Crippen molar-refractivity contribution in [1.82, 2.24) is 0 Å². The predicted molar refractivity (Wildman–Crippen MR) is 44.3 cm³/mol. The van der Waals surface area contributed by atoms with E-state index in [0.29, 0.717) is 5.75 Å². The minimum atomic E-state index is -1.64. The molecule has 0 aromatic rings. The highest BCUT2D eigenvalue weighted by Crippen LogP contribution is 2.22. The molecule has 10 heavy (non-hydrogen) atoms. The summed E-state index contributed by atoms with van der Waals surface area (Å²) in [7, 11) is 0. The Morgan fingerprint density at radius 1 is 1.50 bits per heavy atom. The molecule has 0 rings (SSSR count). The third kappa shape index (κ3) is 4.94. The zero-order valence-corrected chi connectivity index (χ0v) is 7.70. The average molecular weight is 164 g/mol. The van der Waals surface area contributed by atoms with Crippen molar-refractivity contribution in [2.45, 2.75) is 33.6 Å². The van der Waals surface area contributed by atoms with Gasteiger partial charge in [-0.05, 0) is 11.8 Å². The molecule has 3 heteroatoms. The molecule has 0 aliphatic carbocycles. The normalized spacial score (nSPS) is 15.2. The molecule has 1 atom stereocenters. The summed E-state index contributed by atoms with van der Waals surface area (Å²) in [5.74, 6) is 0.390. The number of rotatable bonds is 4. The zero-order valence-electron chi connectivity index (χ0n) is 6.89. The van der Waals surface area contributed by atoms with Gasteiger partial charge in [0.2, 0.25) is 0 Å². The van der Waals surface area contributed by atoms with Gasteiger partial charge >= 0.3 is 0 Å². The quantitative estimate of drug-likeness (QED) is 0.645. The molecule has 0 saturated carbocycles. The molecule has 0 bridgehead atoms. The molecule has 0 aromatic heterocycles. The maximum absolute atomic E-state index is 10.4. The standard InChI is InChI=1S/C7H16O2S/c1-4-5-7(2,3)6-10(8)9/h4-6H2,1-3H3,(H,8,9). The molecule has 0 heterocycles. The van der Waals surface area contributed by atoms with Gasteiger partial charge in [-0.2, -0.15) is 0 Å². The Bertz CT molecular complexity index is 121. The van der Waals surface area contributed by atoms with Gasteiger partial charge in [-0.25, -0.2) is 4.21 Å². The summed E-state index contributed by atoms with van der Waals surface area (Å²) in [6, 6.07) is 0. The van der Waals surface area contributed by atoms with E-state index in [9.17, 15) is 4.21 Å². The number of hydrogen-bond donors (Lipinski definition) is 1. The molecule has 0 fully saturated rings. The fourth-order valence-corrected chi connectivity index (χ4v) is 1.90. The van der Waals surface area contributed by atoms with E-state index in [4.69, 9.17) is 4.55 Å². The van der Waals surface area contributed by atoms with Crippen molar-refractivity contribution in [3.05, 3.63) is 0 Å². The smallest absolute Gasteiger partial charge is 0.153 e. The van der Waals surface area contributed by atoms with Crippen LogP contribution in [0.15, 0.2) is 0 Å². The van der Waals surface area contributed by atoms with Gasteiger partial charge in [0.25, 0.3) is 0 Å². The van der Waals surface area contributed by atoms with Crippen molar-refractivity contribution in [3.63, 3.8) is 0 Å². The van der Waals surface area contributed by atoms with Crippen LogP contribution in [0.5, 0.6) is 0 Å². The molecule has 1 unspecified atom stereocenters. The van der Waals surface area contributed by atoms with Crippen LogP contribution in [0.4, 0.5) is 0 Å². The summed E-state index contributed by atoms with van der Waals surface area (Å²) in [6.07, 6.45) is 2.09. The van der Waals surface area contributed by atoms with E-state index in [0.717, 1.165) is 12.8 Å². The highest BCUT2D eigenvalue weighted by molar-refractivity contribution is 7.79. The highest BCUT2D eigenvalue weighted by atomic mass is 32.2. The first-order chi connectivity index (χ1) is 4.48. The van der Waals surface area contributed by atoms with Crippen LogP contribution >= 0.6 is 0 Å². The zero-order chi connectivity index (χ0) is 8.20. The lowest BCUT2D eigenvalue weighted by molar-refractivity contribution is 0.370. The molecule has 62 valence electrons. The Balaban J connectivity index is 3.74. The topological polar surface area (TPSA) is 37.3 Å². The van der Waals surface area contributed by atoms with Gasteiger partial charge in [-0.1, -0.05) is 27.2 Å². The van der Waals surface area contributed by atoms with Crippen molar-refractivity contribution < 1.29 is 8.76 Å². The minimum Gasteiger partial charge on any atom is -0.306 e. The lowest BCUT2D eigenvalue weighted by Crippen LogP contribution is -2.19. The third-order valence-corrected chi connectivity index (χ3v) is 2.47. The molecular formula is C7H16O2S. The van der Waals surface area contributed by atoms with Gasteiger partial charge in [0.15, 0.2) is 11.1 Å². The first-order valence-corrected chi connectivity index (χ1v) is 4.83. The Morgan fingerprint density at radius 3 is 2.30 bits per heavy atom. The summed E-state index contributed by atoms with van der Waals surface area (Å²) in [5, 5.41) is 0. The highest BCUT2D eigenvalue weighted by Gasteiger charge is 2.18. The van der Waals surface area contributed by atoms with Crippen LogP contribution in [0.3, 0.4) is 0 Å². The van der Waals surface area contributed by atoms with Gasteiger partial charge < -0.3 is 4.55 Å². The van der Waals surface area contributed by atoms with E-state index >= 15 is 0 Å². The van der Waals surface area contributed by atoms with Gasteiger partial charge in [0.05, 0.1) is 5.75 Å². The van der Waals surface area contributed by atoms with Crippen molar-refractivity contribution in [2.75, 3.05) is 5.75 Å². The summed E-state index contributed by atoms with van der Waals surface area (Å²) in [6.45, 7) is 6.12. The largest absolute Gasteiger partial charge is 0.306 e. The first kappa shape index (κ1) is 10.1. The molecular weight excluding hydrogens is 148 g/mol. The predicted octanol–water partition coefficient (Wildman–Crippen LogP) is 2.03. The first-order valence-electron chi connectivity index (χ1n) is 3.55. The SMILES string of the molecule is CCCC(C)(C)CS(=O)O. The van der Waals surface area contributed by atoms with Crippen LogP contribution in [0.25, 0.3) is 0 Å². The van der Waals surface area contributed by atoms with Crippen LogP contribution in [0.2, 0.25) is 0 Å². The van der Waals surface area contributed by atoms with Crippen molar-refractivity contribution >= 4 is 11.1 Å². The molecule has 0 amide bonds. The third-order valence-electron chi connectivity index (χ3n) is 1.44. The van der Waals surface area contributed by atoms with Gasteiger partial charge in [0.1, 0.15) is 0 Å².